The quantitative estimate of drug-likeness (QED) is 0.635. The fraction of sp³-hybridized carbons (Fsp3) is 0.0714. The fourth-order valence-electron chi connectivity index (χ4n) is 1.52. The Morgan fingerprint density at radius 2 is 2.15 bits per heavy atom. The van der Waals surface area contributed by atoms with Crippen LogP contribution in [0, 0.1) is 0 Å². The van der Waals surface area contributed by atoms with Crippen LogP contribution in [-0.2, 0) is 4.79 Å². The normalized spacial score (nSPS) is 11.1. The van der Waals surface area contributed by atoms with Crippen LogP contribution in [-0.4, -0.2) is 21.7 Å². The Balaban J connectivity index is 2.22. The lowest BCUT2D eigenvalue weighted by molar-refractivity contribution is -0.116. The molecule has 1 heterocycles. The molecule has 0 radical (unpaired) electrons. The SMILES string of the molecule is NC(=O)C/C(=N\Oc1cccc(O)c1)c1ccccn1. The van der Waals surface area contributed by atoms with E-state index < -0.39 is 5.91 Å². The number of carbonyl (C=O) groups excluding carboxylic acids is 1. The molecule has 0 unspecified atom stereocenters. The lowest BCUT2D eigenvalue weighted by Gasteiger charge is -2.04. The van der Waals surface area contributed by atoms with Crippen LogP contribution in [0.2, 0.25) is 0 Å². The second-order valence-corrected chi connectivity index (χ2v) is 3.98. The van der Waals surface area contributed by atoms with E-state index in [2.05, 4.69) is 10.1 Å². The van der Waals surface area contributed by atoms with Gasteiger partial charge in [-0.1, -0.05) is 17.3 Å². The lowest BCUT2D eigenvalue weighted by Crippen LogP contribution is -2.18. The molecule has 1 aromatic heterocycles. The van der Waals surface area contributed by atoms with Gasteiger partial charge in [0.2, 0.25) is 5.91 Å². The van der Waals surface area contributed by atoms with Crippen LogP contribution in [0.25, 0.3) is 0 Å². The summed E-state index contributed by atoms with van der Waals surface area (Å²) in [5.74, 6) is -0.121. The number of aromatic hydroxyl groups is 1. The third-order valence-corrected chi connectivity index (χ3v) is 2.38. The first-order valence-corrected chi connectivity index (χ1v) is 5.88. The van der Waals surface area contributed by atoms with Crippen molar-refractivity contribution in [1.29, 1.82) is 0 Å². The third kappa shape index (κ3) is 3.81. The van der Waals surface area contributed by atoms with E-state index in [0.717, 1.165) is 0 Å². The number of aromatic nitrogens is 1. The highest BCUT2D eigenvalue weighted by Crippen LogP contribution is 2.18. The van der Waals surface area contributed by atoms with Crippen LogP contribution < -0.4 is 10.6 Å². The summed E-state index contributed by atoms with van der Waals surface area (Å²) in [7, 11) is 0. The summed E-state index contributed by atoms with van der Waals surface area (Å²) < 4.78 is 0. The van der Waals surface area contributed by atoms with Gasteiger partial charge in [-0.15, -0.1) is 0 Å². The average molecular weight is 271 g/mol. The zero-order valence-corrected chi connectivity index (χ0v) is 10.6. The van der Waals surface area contributed by atoms with E-state index in [4.69, 9.17) is 10.6 Å². The van der Waals surface area contributed by atoms with E-state index in [1.165, 1.54) is 12.1 Å². The van der Waals surface area contributed by atoms with E-state index in [1.807, 2.05) is 0 Å². The predicted octanol–water partition coefficient (Wildman–Crippen LogP) is 1.45. The van der Waals surface area contributed by atoms with Crippen molar-refractivity contribution in [2.45, 2.75) is 6.42 Å². The molecule has 6 nitrogen and oxygen atoms in total. The highest BCUT2D eigenvalue weighted by Gasteiger charge is 2.09. The first-order valence-electron chi connectivity index (χ1n) is 5.88. The first-order chi connectivity index (χ1) is 9.65. The number of benzene rings is 1. The summed E-state index contributed by atoms with van der Waals surface area (Å²) in [4.78, 5) is 20.3. The molecular formula is C14H13N3O3. The number of hydrogen-bond acceptors (Lipinski definition) is 5. The van der Waals surface area contributed by atoms with Crippen molar-refractivity contribution in [3.63, 3.8) is 0 Å². The van der Waals surface area contributed by atoms with Gasteiger partial charge >= 0.3 is 0 Å². The molecule has 1 aromatic carbocycles. The van der Waals surface area contributed by atoms with Crippen LogP contribution in [0.4, 0.5) is 0 Å². The molecule has 0 saturated carbocycles. The van der Waals surface area contributed by atoms with Crippen LogP contribution in [0.3, 0.4) is 0 Å². The van der Waals surface area contributed by atoms with Gasteiger partial charge < -0.3 is 15.7 Å². The Labute approximate surface area is 115 Å². The van der Waals surface area contributed by atoms with Crippen molar-refractivity contribution in [2.24, 2.45) is 10.9 Å². The zero-order chi connectivity index (χ0) is 14.4. The van der Waals surface area contributed by atoms with E-state index >= 15 is 0 Å². The minimum atomic E-state index is -0.533. The molecule has 1 amide bonds. The highest BCUT2D eigenvalue weighted by atomic mass is 16.6. The Bertz CT molecular complexity index is 627. The van der Waals surface area contributed by atoms with Crippen LogP contribution in [0.15, 0.2) is 53.8 Å². The minimum absolute atomic E-state index is 0.0620. The molecule has 102 valence electrons. The number of carbonyl (C=O) groups is 1. The van der Waals surface area contributed by atoms with Gasteiger partial charge in [0.15, 0.2) is 5.75 Å². The van der Waals surface area contributed by atoms with E-state index in [1.54, 1.807) is 36.5 Å². The number of nitrogens with zero attached hydrogens (tertiary/aromatic N) is 2. The van der Waals surface area contributed by atoms with Gasteiger partial charge in [0, 0.05) is 12.3 Å². The molecular weight excluding hydrogens is 258 g/mol. The second-order valence-electron chi connectivity index (χ2n) is 3.98. The summed E-state index contributed by atoms with van der Waals surface area (Å²) in [6.07, 6.45) is 1.50. The Morgan fingerprint density at radius 3 is 2.80 bits per heavy atom. The zero-order valence-electron chi connectivity index (χ0n) is 10.6. The number of phenols is 1. The van der Waals surface area contributed by atoms with Gasteiger partial charge in [-0.05, 0) is 24.3 Å². The highest BCUT2D eigenvalue weighted by molar-refractivity contribution is 6.08. The minimum Gasteiger partial charge on any atom is -0.508 e. The van der Waals surface area contributed by atoms with E-state index in [-0.39, 0.29) is 12.2 Å². The van der Waals surface area contributed by atoms with Crippen molar-refractivity contribution >= 4 is 11.6 Å². The summed E-state index contributed by atoms with van der Waals surface area (Å²) in [6.45, 7) is 0. The van der Waals surface area contributed by atoms with Crippen molar-refractivity contribution in [3.05, 3.63) is 54.4 Å². The summed E-state index contributed by atoms with van der Waals surface area (Å²) in [6, 6.07) is 11.4. The predicted molar refractivity (Wildman–Crippen MR) is 73.3 cm³/mol. The molecule has 0 fully saturated rings. The van der Waals surface area contributed by atoms with Gasteiger partial charge in [0.1, 0.15) is 11.5 Å². The van der Waals surface area contributed by atoms with Crippen LogP contribution in [0.1, 0.15) is 12.1 Å². The van der Waals surface area contributed by atoms with Crippen molar-refractivity contribution < 1.29 is 14.7 Å². The maximum atomic E-state index is 11.1. The summed E-state index contributed by atoms with van der Waals surface area (Å²) in [5, 5.41) is 13.2. The summed E-state index contributed by atoms with van der Waals surface area (Å²) >= 11 is 0. The number of nitrogens with two attached hydrogens (primary N) is 1. The van der Waals surface area contributed by atoms with Crippen LogP contribution >= 0.6 is 0 Å². The Hall–Kier alpha value is -2.89. The van der Waals surface area contributed by atoms with Gasteiger partial charge in [0.25, 0.3) is 0 Å². The topological polar surface area (TPSA) is 97.8 Å². The lowest BCUT2D eigenvalue weighted by atomic mass is 10.2. The number of oxime groups is 1. The van der Waals surface area contributed by atoms with Gasteiger partial charge in [-0.25, -0.2) is 0 Å². The van der Waals surface area contributed by atoms with Gasteiger partial charge in [0.05, 0.1) is 12.1 Å². The van der Waals surface area contributed by atoms with Crippen molar-refractivity contribution in [2.75, 3.05) is 0 Å². The molecule has 0 atom stereocenters. The Morgan fingerprint density at radius 1 is 1.30 bits per heavy atom. The maximum Gasteiger partial charge on any atom is 0.223 e. The molecule has 2 rings (SSSR count). The molecule has 0 aliphatic rings. The van der Waals surface area contributed by atoms with E-state index in [9.17, 15) is 9.90 Å². The second kappa shape index (κ2) is 6.33. The van der Waals surface area contributed by atoms with Gasteiger partial charge in [-0.3, -0.25) is 9.78 Å². The molecule has 0 spiro atoms. The molecule has 3 N–H and O–H groups in total. The standard InChI is InChI=1S/C14H13N3O3/c15-14(19)9-13(12-6-1-2-7-16-12)17-20-11-5-3-4-10(18)8-11/h1-8,18H,9H2,(H2,15,19)/b17-13+. The number of amides is 1. The van der Waals surface area contributed by atoms with Crippen molar-refractivity contribution in [3.8, 4) is 11.5 Å². The molecule has 0 saturated heterocycles. The monoisotopic (exact) mass is 271 g/mol. The molecule has 6 heteroatoms. The van der Waals surface area contributed by atoms with Gasteiger partial charge in [-0.2, -0.15) is 0 Å². The smallest absolute Gasteiger partial charge is 0.223 e. The molecule has 0 bridgehead atoms. The fourth-order valence-corrected chi connectivity index (χ4v) is 1.52. The molecule has 0 aliphatic carbocycles. The molecule has 2 aromatic rings. The number of primary amides is 1. The molecule has 0 aliphatic heterocycles. The van der Waals surface area contributed by atoms with Crippen LogP contribution in [0.5, 0.6) is 11.5 Å². The first kappa shape index (κ1) is 13.5. The van der Waals surface area contributed by atoms with Crippen molar-refractivity contribution in [1.82, 2.24) is 4.98 Å². The number of phenolic OH excluding ortho intramolecular Hbond substituents is 1. The number of hydrogen-bond donors (Lipinski definition) is 2. The maximum absolute atomic E-state index is 11.1. The summed E-state index contributed by atoms with van der Waals surface area (Å²) in [5.41, 5.74) is 6.01. The average Bonchev–Trinajstić information content (AvgIpc) is 2.44. The Kier molecular flexibility index (Phi) is 4.28. The number of pyridine rings is 1. The largest absolute Gasteiger partial charge is 0.508 e. The number of rotatable bonds is 5. The third-order valence-electron chi connectivity index (χ3n) is 2.38. The van der Waals surface area contributed by atoms with E-state index in [0.29, 0.717) is 17.2 Å². The molecule has 20 heavy (non-hydrogen) atoms.